The van der Waals surface area contributed by atoms with Crippen molar-refractivity contribution in [2.45, 2.75) is 70.8 Å². The Morgan fingerprint density at radius 1 is 1.00 bits per heavy atom. The zero-order valence-corrected chi connectivity index (χ0v) is 25.8. The molecule has 222 valence electrons. The number of anilines is 2. The van der Waals surface area contributed by atoms with Gasteiger partial charge in [0.25, 0.3) is 0 Å². The molecule has 3 N–H and O–H groups in total. The normalized spacial score (nSPS) is 21.5. The van der Waals surface area contributed by atoms with E-state index in [1.807, 2.05) is 31.2 Å². The lowest BCUT2D eigenvalue weighted by molar-refractivity contribution is 0.0973. The summed E-state index contributed by atoms with van der Waals surface area (Å²) in [6.07, 6.45) is 3.25. The van der Waals surface area contributed by atoms with Gasteiger partial charge in [0.2, 0.25) is 5.95 Å². The molecule has 2 fully saturated rings. The molecule has 6 rings (SSSR count). The third-order valence-corrected chi connectivity index (χ3v) is 9.14. The molecule has 11 heteroatoms. The lowest BCUT2D eigenvalue weighted by atomic mass is 9.92. The van der Waals surface area contributed by atoms with E-state index in [-0.39, 0.29) is 24.2 Å². The molecule has 9 nitrogen and oxygen atoms in total. The summed E-state index contributed by atoms with van der Waals surface area (Å²) in [7, 11) is 0. The van der Waals surface area contributed by atoms with Gasteiger partial charge in [-0.2, -0.15) is 9.97 Å². The number of nitrogens with one attached hydrogen (secondary N) is 1. The van der Waals surface area contributed by atoms with Crippen LogP contribution >= 0.6 is 23.2 Å². The second-order valence-corrected chi connectivity index (χ2v) is 12.2. The predicted molar refractivity (Wildman–Crippen MR) is 169 cm³/mol. The van der Waals surface area contributed by atoms with Crippen LogP contribution in [0.5, 0.6) is 0 Å². The zero-order chi connectivity index (χ0) is 29.4. The van der Waals surface area contributed by atoms with Crippen LogP contribution in [0.25, 0.3) is 11.2 Å². The first-order chi connectivity index (χ1) is 20.4. The van der Waals surface area contributed by atoms with Crippen LogP contribution in [-0.2, 0) is 11.3 Å². The van der Waals surface area contributed by atoms with Crippen molar-refractivity contribution < 1.29 is 4.74 Å². The van der Waals surface area contributed by atoms with Crippen LogP contribution in [0, 0.1) is 6.92 Å². The van der Waals surface area contributed by atoms with Crippen molar-refractivity contribution in [2.24, 2.45) is 5.84 Å². The average Bonchev–Trinajstić information content (AvgIpc) is 3.62. The third-order valence-electron chi connectivity index (χ3n) is 8.64. The molecule has 0 amide bonds. The molecule has 0 bridgehead atoms. The minimum atomic E-state index is 0.0497. The second-order valence-electron chi connectivity index (χ2n) is 11.4. The molecule has 0 saturated carbocycles. The van der Waals surface area contributed by atoms with Crippen LogP contribution in [0.4, 0.5) is 11.8 Å². The molecule has 2 aromatic heterocycles. The number of rotatable bonds is 8. The van der Waals surface area contributed by atoms with Gasteiger partial charge in [-0.3, -0.25) is 10.3 Å². The highest BCUT2D eigenvalue weighted by molar-refractivity contribution is 6.30. The number of fused-ring (bicyclic) bond motifs is 1. The van der Waals surface area contributed by atoms with Crippen molar-refractivity contribution in [2.75, 3.05) is 30.0 Å². The van der Waals surface area contributed by atoms with E-state index in [9.17, 15) is 0 Å². The number of piperazine rings is 1. The number of aromatic nitrogens is 4. The quantitative estimate of drug-likeness (QED) is 0.186. The number of aryl methyl sites for hydroxylation is 1. The maximum absolute atomic E-state index is 6.29. The summed E-state index contributed by atoms with van der Waals surface area (Å²) in [5, 5.41) is 1.45. The van der Waals surface area contributed by atoms with Gasteiger partial charge in [0, 0.05) is 41.8 Å². The summed E-state index contributed by atoms with van der Waals surface area (Å²) in [5.74, 6) is 7.97. The maximum Gasteiger partial charge on any atom is 0.241 e. The number of hydrazine groups is 1. The van der Waals surface area contributed by atoms with Crippen LogP contribution < -0.4 is 16.2 Å². The van der Waals surface area contributed by atoms with Crippen LogP contribution in [-0.4, -0.2) is 62.3 Å². The van der Waals surface area contributed by atoms with Crippen molar-refractivity contribution in [3.8, 4) is 0 Å². The van der Waals surface area contributed by atoms with Gasteiger partial charge in [0.15, 0.2) is 17.0 Å². The first kappa shape index (κ1) is 29.1. The van der Waals surface area contributed by atoms with Gasteiger partial charge >= 0.3 is 0 Å². The van der Waals surface area contributed by atoms with E-state index in [0.717, 1.165) is 71.8 Å². The number of hydrogen-bond acceptors (Lipinski definition) is 8. The van der Waals surface area contributed by atoms with Crippen molar-refractivity contribution in [1.82, 2.24) is 24.4 Å². The Labute approximate surface area is 257 Å². The fourth-order valence-electron chi connectivity index (χ4n) is 6.48. The molecule has 1 unspecified atom stereocenters. The standard InChI is InChI=1S/C31H38Cl2N8O/c1-4-25-17-39(29-27-30(37-31(36-29)38-34)40(20(3)35-27)18-26-6-5-15-42-26)19(2)16-41(25)28(21-7-11-23(32)12-8-21)22-9-13-24(33)14-10-22/h7-14,19,25-26,28H,4-6,15-18,34H2,1-3H3,(H,36,37,38)/t19-,25+,26?/m0/s1. The van der Waals surface area contributed by atoms with Crippen molar-refractivity contribution >= 4 is 46.1 Å². The Balaban J connectivity index is 1.37. The number of imidazole rings is 1. The van der Waals surface area contributed by atoms with E-state index in [1.54, 1.807) is 0 Å². The minimum Gasteiger partial charge on any atom is -0.376 e. The van der Waals surface area contributed by atoms with Gasteiger partial charge in [0.05, 0.1) is 18.7 Å². The van der Waals surface area contributed by atoms with E-state index in [0.29, 0.717) is 12.5 Å². The highest BCUT2D eigenvalue weighted by Crippen LogP contribution is 2.37. The number of hydrogen-bond donors (Lipinski definition) is 2. The van der Waals surface area contributed by atoms with E-state index >= 15 is 0 Å². The maximum atomic E-state index is 6.29. The van der Waals surface area contributed by atoms with E-state index in [1.165, 1.54) is 11.1 Å². The Hall–Kier alpha value is -2.95. The molecule has 4 aromatic rings. The fourth-order valence-corrected chi connectivity index (χ4v) is 6.73. The predicted octanol–water partition coefficient (Wildman–Crippen LogP) is 5.98. The Morgan fingerprint density at radius 3 is 2.24 bits per heavy atom. The monoisotopic (exact) mass is 608 g/mol. The number of ether oxygens (including phenoxy) is 1. The molecule has 0 aliphatic carbocycles. The van der Waals surface area contributed by atoms with Gasteiger partial charge in [-0.25, -0.2) is 10.8 Å². The van der Waals surface area contributed by atoms with E-state index in [2.05, 4.69) is 57.9 Å². The molecule has 2 aliphatic rings. The minimum absolute atomic E-state index is 0.0497. The van der Waals surface area contributed by atoms with E-state index in [4.69, 9.17) is 48.7 Å². The van der Waals surface area contributed by atoms with Crippen molar-refractivity contribution in [3.05, 3.63) is 75.5 Å². The summed E-state index contributed by atoms with van der Waals surface area (Å²) in [4.78, 5) is 19.6. The molecular formula is C31H38Cl2N8O. The molecular weight excluding hydrogens is 571 g/mol. The zero-order valence-electron chi connectivity index (χ0n) is 24.3. The second kappa shape index (κ2) is 12.3. The molecule has 0 spiro atoms. The van der Waals surface area contributed by atoms with E-state index < -0.39 is 0 Å². The largest absolute Gasteiger partial charge is 0.376 e. The average molecular weight is 610 g/mol. The summed E-state index contributed by atoms with van der Waals surface area (Å²) in [5.41, 5.74) is 6.67. The van der Waals surface area contributed by atoms with Crippen LogP contribution in [0.1, 0.15) is 56.1 Å². The summed E-state index contributed by atoms with van der Waals surface area (Å²) in [6.45, 7) is 9.64. The first-order valence-electron chi connectivity index (χ1n) is 14.7. The number of benzene rings is 2. The molecule has 2 saturated heterocycles. The smallest absolute Gasteiger partial charge is 0.241 e. The molecule has 42 heavy (non-hydrogen) atoms. The van der Waals surface area contributed by atoms with Crippen LogP contribution in [0.3, 0.4) is 0 Å². The molecule has 3 atom stereocenters. The Bertz CT molecular complexity index is 1480. The van der Waals surface area contributed by atoms with Crippen LogP contribution in [0.2, 0.25) is 10.0 Å². The van der Waals surface area contributed by atoms with Gasteiger partial charge in [-0.1, -0.05) is 54.4 Å². The molecule has 0 radical (unpaired) electrons. The lowest BCUT2D eigenvalue weighted by Gasteiger charge is -2.49. The van der Waals surface area contributed by atoms with Crippen molar-refractivity contribution in [3.63, 3.8) is 0 Å². The van der Waals surface area contributed by atoms with Crippen LogP contribution in [0.15, 0.2) is 48.5 Å². The fraction of sp³-hybridized carbons (Fsp3) is 0.452. The topological polar surface area (TPSA) is 97.4 Å². The SMILES string of the molecule is CC[C@@H]1CN(c2nc(NN)nc3c2nc(C)n3CC2CCCO2)[C@@H](C)CN1C(c1ccc(Cl)cc1)c1ccc(Cl)cc1. The third kappa shape index (κ3) is 5.68. The number of halogens is 2. The van der Waals surface area contributed by atoms with Gasteiger partial charge in [-0.15, -0.1) is 0 Å². The summed E-state index contributed by atoms with van der Waals surface area (Å²) < 4.78 is 8.08. The van der Waals surface area contributed by atoms with Gasteiger partial charge < -0.3 is 14.2 Å². The number of nitrogen functional groups attached to an aromatic ring is 1. The summed E-state index contributed by atoms with van der Waals surface area (Å²) in [6, 6.07) is 16.8. The number of nitrogens with zero attached hydrogens (tertiary/aromatic N) is 6. The Morgan fingerprint density at radius 2 is 1.67 bits per heavy atom. The highest BCUT2D eigenvalue weighted by Gasteiger charge is 2.38. The van der Waals surface area contributed by atoms with Crippen molar-refractivity contribution in [1.29, 1.82) is 0 Å². The highest BCUT2D eigenvalue weighted by atomic mass is 35.5. The molecule has 2 aliphatic heterocycles. The molecule has 2 aromatic carbocycles. The Kier molecular flexibility index (Phi) is 8.56. The van der Waals surface area contributed by atoms with Gasteiger partial charge in [0.1, 0.15) is 5.82 Å². The number of nitrogens with two attached hydrogens (primary N) is 1. The molecule has 4 heterocycles. The summed E-state index contributed by atoms with van der Waals surface area (Å²) >= 11 is 12.6. The van der Waals surface area contributed by atoms with Gasteiger partial charge in [-0.05, 0) is 68.5 Å². The lowest BCUT2D eigenvalue weighted by Crippen LogP contribution is -2.58. The first-order valence-corrected chi connectivity index (χ1v) is 15.5.